The molecule has 1 aliphatic heterocycles. The van der Waals surface area contributed by atoms with E-state index < -0.39 is 8.07 Å². The number of aromatic nitrogens is 6. The van der Waals surface area contributed by atoms with Crippen LogP contribution in [0.25, 0.3) is 22.2 Å². The number of nitrogens with zero attached hydrogens (tertiary/aromatic N) is 7. The summed E-state index contributed by atoms with van der Waals surface area (Å²) in [5, 5.41) is 15.3. The summed E-state index contributed by atoms with van der Waals surface area (Å²) in [5.74, 6) is 4.51. The summed E-state index contributed by atoms with van der Waals surface area (Å²) < 4.78 is 3.33. The van der Waals surface area contributed by atoms with E-state index in [0.717, 1.165) is 12.1 Å². The van der Waals surface area contributed by atoms with Gasteiger partial charge in [0.05, 0.1) is 28.2 Å². The van der Waals surface area contributed by atoms with E-state index in [1.54, 1.807) is 21.5 Å². The highest BCUT2D eigenvalue weighted by molar-refractivity contribution is 6.83. The zero-order chi connectivity index (χ0) is 25.7. The largest absolute Gasteiger partial charge is 0.345 e. The number of rotatable bonds is 3. The Kier molecular flexibility index (Phi) is 5.21. The van der Waals surface area contributed by atoms with Gasteiger partial charge in [0.25, 0.3) is 5.56 Å². The molecule has 182 valence electrons. The standard InChI is InChI=1S/C27H24N8OSi/c1-37(2,3)14-11-18-9-13-34-23(18)27(36)35(20-7-5-4-6-8-20)25(32-34)21-10-12-33(21)26-22-19(15-28)16-29-24(22)30-17-31-26/h4-9,13,16-17,21H,10,12H2,1-3H3,(H,29,30,31)/t21-/m0/s1. The van der Waals surface area contributed by atoms with Gasteiger partial charge in [-0.25, -0.2) is 14.5 Å². The number of fused-ring (bicyclic) bond motifs is 2. The van der Waals surface area contributed by atoms with Crippen LogP contribution in [0.2, 0.25) is 19.6 Å². The lowest BCUT2D eigenvalue weighted by molar-refractivity contribution is 0.424. The number of H-pyrrole nitrogens is 1. The van der Waals surface area contributed by atoms with Crippen molar-refractivity contribution in [1.29, 1.82) is 5.26 Å². The van der Waals surface area contributed by atoms with Crippen LogP contribution < -0.4 is 10.5 Å². The fraction of sp³-hybridized carbons (Fsp3) is 0.222. The molecule has 0 amide bonds. The maximum atomic E-state index is 14.1. The molecule has 0 bridgehead atoms. The molecular formula is C27H24N8OSi. The Bertz CT molecular complexity index is 1830. The summed E-state index contributed by atoms with van der Waals surface area (Å²) in [6, 6.07) is 13.4. The highest BCUT2D eigenvalue weighted by Crippen LogP contribution is 2.39. The van der Waals surface area contributed by atoms with Gasteiger partial charge in [0.15, 0.2) is 5.82 Å². The number of hydrogen-bond acceptors (Lipinski definition) is 6. The van der Waals surface area contributed by atoms with Gasteiger partial charge < -0.3 is 9.88 Å². The van der Waals surface area contributed by atoms with Crippen LogP contribution in [0.5, 0.6) is 0 Å². The first-order chi connectivity index (χ1) is 17.9. The SMILES string of the molecule is C[Si](C)(C)C#Cc1ccn2nc([C@@H]3CCN3c3ncnc4[nH]cc(C#N)c34)n(-c3ccccc3)c(=O)c12. The lowest BCUT2D eigenvalue weighted by Gasteiger charge is -2.42. The molecule has 10 heteroatoms. The Morgan fingerprint density at radius 2 is 1.92 bits per heavy atom. The Labute approximate surface area is 214 Å². The third-order valence-electron chi connectivity index (χ3n) is 6.46. The first-order valence-electron chi connectivity index (χ1n) is 12.1. The molecule has 0 saturated carbocycles. The van der Waals surface area contributed by atoms with Gasteiger partial charge in [0.1, 0.15) is 37.5 Å². The van der Waals surface area contributed by atoms with Gasteiger partial charge in [-0.2, -0.15) is 10.4 Å². The predicted octanol–water partition coefficient (Wildman–Crippen LogP) is 3.81. The number of hydrogen-bond donors (Lipinski definition) is 1. The van der Waals surface area contributed by atoms with Gasteiger partial charge in [-0.3, -0.25) is 9.36 Å². The van der Waals surface area contributed by atoms with Crippen molar-refractivity contribution >= 4 is 30.4 Å². The lowest BCUT2D eigenvalue weighted by atomic mass is 10.0. The minimum absolute atomic E-state index is 0.167. The van der Waals surface area contributed by atoms with E-state index >= 15 is 0 Å². The Morgan fingerprint density at radius 1 is 1.11 bits per heavy atom. The summed E-state index contributed by atoms with van der Waals surface area (Å²) in [4.78, 5) is 28.0. The quantitative estimate of drug-likeness (QED) is 0.296. The van der Waals surface area contributed by atoms with Crippen molar-refractivity contribution in [3.05, 3.63) is 82.4 Å². The van der Waals surface area contributed by atoms with Crippen LogP contribution in [-0.2, 0) is 0 Å². The van der Waals surface area contributed by atoms with Gasteiger partial charge in [-0.15, -0.1) is 5.54 Å². The van der Waals surface area contributed by atoms with Crippen LogP contribution in [0.3, 0.4) is 0 Å². The Morgan fingerprint density at radius 3 is 2.62 bits per heavy atom. The molecule has 1 saturated heterocycles. The maximum absolute atomic E-state index is 14.1. The van der Waals surface area contributed by atoms with Crippen molar-refractivity contribution in [3.8, 4) is 23.2 Å². The number of para-hydroxylation sites is 1. The molecule has 5 aromatic rings. The molecule has 5 heterocycles. The molecule has 0 spiro atoms. The maximum Gasteiger partial charge on any atom is 0.283 e. The van der Waals surface area contributed by atoms with Crippen molar-refractivity contribution < 1.29 is 0 Å². The van der Waals surface area contributed by atoms with Crippen molar-refractivity contribution in [3.63, 3.8) is 0 Å². The first-order valence-corrected chi connectivity index (χ1v) is 15.6. The van der Waals surface area contributed by atoms with Crippen LogP contribution in [-0.4, -0.2) is 43.8 Å². The number of aromatic amines is 1. The monoisotopic (exact) mass is 504 g/mol. The van der Waals surface area contributed by atoms with Gasteiger partial charge in [-0.1, -0.05) is 43.8 Å². The summed E-state index contributed by atoms with van der Waals surface area (Å²) in [6.45, 7) is 7.24. The fourth-order valence-electron chi connectivity index (χ4n) is 4.64. The van der Waals surface area contributed by atoms with E-state index in [4.69, 9.17) is 5.10 Å². The summed E-state index contributed by atoms with van der Waals surface area (Å²) in [6.07, 6.45) is 5.72. The average Bonchev–Trinajstić information content (AvgIpc) is 3.47. The highest BCUT2D eigenvalue weighted by Gasteiger charge is 2.37. The van der Waals surface area contributed by atoms with E-state index in [1.807, 2.05) is 36.4 Å². The average molecular weight is 505 g/mol. The van der Waals surface area contributed by atoms with Crippen LogP contribution in [0.15, 0.2) is 59.9 Å². The molecule has 1 aliphatic rings. The zero-order valence-electron chi connectivity index (χ0n) is 20.7. The minimum Gasteiger partial charge on any atom is -0.345 e. The molecule has 1 aromatic carbocycles. The van der Waals surface area contributed by atoms with Crippen molar-refractivity contribution in [2.45, 2.75) is 32.1 Å². The summed E-state index contributed by atoms with van der Waals surface area (Å²) in [5.41, 5.74) is 6.17. The van der Waals surface area contributed by atoms with Crippen LogP contribution >= 0.6 is 0 Å². The second-order valence-electron chi connectivity index (χ2n) is 10.1. The van der Waals surface area contributed by atoms with E-state index in [0.29, 0.717) is 45.9 Å². The van der Waals surface area contributed by atoms with Crippen molar-refractivity contribution in [2.75, 3.05) is 11.4 Å². The molecular weight excluding hydrogens is 480 g/mol. The van der Waals surface area contributed by atoms with Crippen molar-refractivity contribution in [1.82, 2.24) is 29.1 Å². The molecule has 9 nitrogen and oxygen atoms in total. The molecule has 1 fully saturated rings. The predicted molar refractivity (Wildman–Crippen MR) is 144 cm³/mol. The van der Waals surface area contributed by atoms with E-state index in [9.17, 15) is 10.1 Å². The summed E-state index contributed by atoms with van der Waals surface area (Å²) in [7, 11) is -1.64. The van der Waals surface area contributed by atoms with Crippen LogP contribution in [0.1, 0.15) is 29.4 Å². The van der Waals surface area contributed by atoms with Gasteiger partial charge >= 0.3 is 0 Å². The van der Waals surface area contributed by atoms with Crippen LogP contribution in [0, 0.1) is 22.8 Å². The van der Waals surface area contributed by atoms with E-state index in [1.165, 1.54) is 6.33 Å². The third kappa shape index (κ3) is 3.79. The van der Waals surface area contributed by atoms with Gasteiger partial charge in [0.2, 0.25) is 0 Å². The second-order valence-corrected chi connectivity index (χ2v) is 14.8. The number of benzene rings is 1. The molecule has 0 radical (unpaired) electrons. The number of nitrogens with one attached hydrogen (secondary N) is 1. The van der Waals surface area contributed by atoms with Gasteiger partial charge in [0, 0.05) is 18.9 Å². The second kappa shape index (κ2) is 8.47. The normalized spacial score (nSPS) is 15.3. The molecule has 0 unspecified atom stereocenters. The molecule has 4 aromatic heterocycles. The topological polar surface area (TPSA) is 108 Å². The lowest BCUT2D eigenvalue weighted by Crippen LogP contribution is -2.45. The number of anilines is 1. The highest BCUT2D eigenvalue weighted by atomic mass is 28.3. The van der Waals surface area contributed by atoms with E-state index in [-0.39, 0.29) is 11.6 Å². The Hall–Kier alpha value is -4.67. The van der Waals surface area contributed by atoms with Gasteiger partial charge in [-0.05, 0) is 24.6 Å². The molecule has 1 N–H and O–H groups in total. The molecule has 0 aliphatic carbocycles. The van der Waals surface area contributed by atoms with Crippen molar-refractivity contribution in [2.24, 2.45) is 0 Å². The molecule has 1 atom stereocenters. The fourth-order valence-corrected chi connectivity index (χ4v) is 5.15. The Balaban J connectivity index is 1.56. The van der Waals surface area contributed by atoms with Crippen LogP contribution in [0.4, 0.5) is 5.82 Å². The van der Waals surface area contributed by atoms with E-state index in [2.05, 4.69) is 57.0 Å². The molecule has 6 rings (SSSR count). The number of nitriles is 1. The first kappa shape index (κ1) is 22.8. The summed E-state index contributed by atoms with van der Waals surface area (Å²) >= 11 is 0. The molecule has 37 heavy (non-hydrogen) atoms. The smallest absolute Gasteiger partial charge is 0.283 e. The third-order valence-corrected chi connectivity index (χ3v) is 7.33. The zero-order valence-corrected chi connectivity index (χ0v) is 21.7. The minimum atomic E-state index is -1.64.